The van der Waals surface area contributed by atoms with Crippen molar-refractivity contribution in [3.05, 3.63) is 77.9 Å². The Morgan fingerprint density at radius 2 is 1.87 bits per heavy atom. The molecule has 3 rings (SSSR count). The van der Waals surface area contributed by atoms with Gasteiger partial charge in [-0.3, -0.25) is 4.84 Å². The molecule has 0 aliphatic heterocycles. The smallest absolute Gasteiger partial charge is 0.404 e. The van der Waals surface area contributed by atoms with Crippen LogP contribution in [0.3, 0.4) is 0 Å². The number of rotatable bonds is 8. The number of halogens is 3. The van der Waals surface area contributed by atoms with Crippen molar-refractivity contribution in [3.8, 4) is 5.75 Å². The quantitative estimate of drug-likeness (QED) is 0.357. The predicted molar refractivity (Wildman–Crippen MR) is 108 cm³/mol. The lowest BCUT2D eigenvalue weighted by atomic mass is 10.1. The van der Waals surface area contributed by atoms with Crippen LogP contribution in [0.1, 0.15) is 12.5 Å². The number of hydrogen-bond donors (Lipinski definition) is 1. The van der Waals surface area contributed by atoms with Crippen LogP contribution in [0, 0.1) is 11.6 Å². The number of nitrogens with one attached hydrogen (secondary N) is 1. The van der Waals surface area contributed by atoms with Gasteiger partial charge in [0, 0.05) is 28.3 Å². The maximum Gasteiger partial charge on any atom is 0.532 e. The first-order valence-electron chi connectivity index (χ1n) is 8.77. The van der Waals surface area contributed by atoms with Crippen molar-refractivity contribution in [2.75, 3.05) is 0 Å². The van der Waals surface area contributed by atoms with E-state index in [0.717, 1.165) is 11.5 Å². The summed E-state index contributed by atoms with van der Waals surface area (Å²) in [5.41, 5.74) is 2.39. The molecule has 10 heteroatoms. The highest BCUT2D eigenvalue weighted by atomic mass is 35.7. The largest absolute Gasteiger partial charge is 0.532 e. The second-order valence-electron chi connectivity index (χ2n) is 6.27. The molecule has 0 spiro atoms. The summed E-state index contributed by atoms with van der Waals surface area (Å²) in [5, 5.41) is 1.47. The zero-order chi connectivity index (χ0) is 21.7. The molecule has 0 heterocycles. The Labute approximate surface area is 176 Å². The van der Waals surface area contributed by atoms with E-state index in [-0.39, 0.29) is 17.9 Å². The van der Waals surface area contributed by atoms with Gasteiger partial charge in [-0.2, -0.15) is 5.48 Å². The fourth-order valence-electron chi connectivity index (χ4n) is 2.53. The van der Waals surface area contributed by atoms with E-state index in [1.54, 1.807) is 24.3 Å². The SMILES string of the molecule is C[C@H](NOCc1ccc(F)cc1F)C(=O)OP(=O)(Cl)Oc1cccc2ccccc12. The fraction of sp³-hybridized carbons (Fsp3) is 0.150. The van der Waals surface area contributed by atoms with Crippen molar-refractivity contribution in [2.45, 2.75) is 19.6 Å². The summed E-state index contributed by atoms with van der Waals surface area (Å²) < 4.78 is 49.0. The third-order valence-electron chi connectivity index (χ3n) is 4.01. The Kier molecular flexibility index (Phi) is 7.05. The summed E-state index contributed by atoms with van der Waals surface area (Å²) in [4.78, 5) is 17.2. The third kappa shape index (κ3) is 5.77. The number of hydroxylamine groups is 1. The lowest BCUT2D eigenvalue weighted by molar-refractivity contribution is -0.141. The van der Waals surface area contributed by atoms with Gasteiger partial charge in [-0.05, 0) is 24.4 Å². The number of carbonyl (C=O) groups is 1. The lowest BCUT2D eigenvalue weighted by Gasteiger charge is -2.17. The maximum absolute atomic E-state index is 13.6. The molecule has 0 saturated carbocycles. The van der Waals surface area contributed by atoms with Crippen LogP contribution >= 0.6 is 18.2 Å². The van der Waals surface area contributed by atoms with Gasteiger partial charge < -0.3 is 9.05 Å². The Morgan fingerprint density at radius 1 is 1.13 bits per heavy atom. The average Bonchev–Trinajstić information content (AvgIpc) is 2.69. The Bertz CT molecular complexity index is 1110. The molecule has 0 amide bonds. The topological polar surface area (TPSA) is 73.9 Å². The van der Waals surface area contributed by atoms with Crippen molar-refractivity contribution in [3.63, 3.8) is 0 Å². The van der Waals surface area contributed by atoms with Crippen LogP contribution in [-0.4, -0.2) is 12.0 Å². The van der Waals surface area contributed by atoms with Gasteiger partial charge in [-0.1, -0.05) is 42.5 Å². The van der Waals surface area contributed by atoms with Gasteiger partial charge in [-0.15, -0.1) is 0 Å². The molecule has 0 fully saturated rings. The fourth-order valence-corrected chi connectivity index (χ4v) is 3.76. The molecule has 3 aromatic rings. The van der Waals surface area contributed by atoms with E-state index >= 15 is 0 Å². The first kappa shape index (κ1) is 22.2. The second kappa shape index (κ2) is 9.53. The van der Waals surface area contributed by atoms with E-state index in [4.69, 9.17) is 25.1 Å². The number of hydrogen-bond acceptors (Lipinski definition) is 6. The molecular weight excluding hydrogens is 439 g/mol. The number of benzene rings is 3. The van der Waals surface area contributed by atoms with Gasteiger partial charge >= 0.3 is 12.9 Å². The van der Waals surface area contributed by atoms with Crippen LogP contribution in [0.4, 0.5) is 8.78 Å². The van der Waals surface area contributed by atoms with Gasteiger partial charge in [0.15, 0.2) is 0 Å². The van der Waals surface area contributed by atoms with Crippen LogP contribution in [-0.2, 0) is 25.3 Å². The first-order valence-corrected chi connectivity index (χ1v) is 11.2. The molecule has 2 atom stereocenters. The van der Waals surface area contributed by atoms with Crippen molar-refractivity contribution in [2.24, 2.45) is 0 Å². The molecule has 0 saturated heterocycles. The molecule has 0 aliphatic rings. The Morgan fingerprint density at radius 3 is 2.63 bits per heavy atom. The van der Waals surface area contributed by atoms with Gasteiger partial charge in [-0.25, -0.2) is 18.1 Å². The second-order valence-corrected chi connectivity index (χ2v) is 8.74. The summed E-state index contributed by atoms with van der Waals surface area (Å²) in [6, 6.07) is 14.1. The molecule has 0 aromatic heterocycles. The minimum atomic E-state index is -4.31. The van der Waals surface area contributed by atoms with Crippen LogP contribution in [0.25, 0.3) is 10.8 Å². The van der Waals surface area contributed by atoms with E-state index in [0.29, 0.717) is 11.5 Å². The van der Waals surface area contributed by atoms with E-state index in [1.165, 1.54) is 13.0 Å². The van der Waals surface area contributed by atoms with Gasteiger partial charge in [0.05, 0.1) is 6.61 Å². The minimum Gasteiger partial charge on any atom is -0.404 e. The molecule has 3 aromatic carbocycles. The number of fused-ring (bicyclic) bond motifs is 1. The van der Waals surface area contributed by atoms with Gasteiger partial charge in [0.1, 0.15) is 23.4 Å². The molecule has 0 radical (unpaired) electrons. The molecule has 0 bridgehead atoms. The van der Waals surface area contributed by atoms with Gasteiger partial charge in [0.25, 0.3) is 0 Å². The Hall–Kier alpha value is -2.51. The van der Waals surface area contributed by atoms with E-state index in [2.05, 4.69) is 5.48 Å². The minimum absolute atomic E-state index is 0.0757. The molecule has 6 nitrogen and oxygen atoms in total. The van der Waals surface area contributed by atoms with Crippen molar-refractivity contribution in [1.29, 1.82) is 0 Å². The average molecular weight is 456 g/mol. The molecule has 158 valence electrons. The predicted octanol–water partition coefficient (Wildman–Crippen LogP) is 5.50. The zero-order valence-corrected chi connectivity index (χ0v) is 17.3. The van der Waals surface area contributed by atoms with Crippen molar-refractivity contribution >= 4 is 34.9 Å². The highest BCUT2D eigenvalue weighted by Gasteiger charge is 2.31. The maximum atomic E-state index is 13.6. The molecule has 1 unspecified atom stereocenters. The van der Waals surface area contributed by atoms with Crippen LogP contribution in [0.15, 0.2) is 60.7 Å². The summed E-state index contributed by atoms with van der Waals surface area (Å²) in [5.74, 6) is -2.32. The normalized spacial score (nSPS) is 14.1. The molecule has 0 aliphatic carbocycles. The highest BCUT2D eigenvalue weighted by Crippen LogP contribution is 2.54. The molecule has 30 heavy (non-hydrogen) atoms. The standard InChI is InChI=1S/C20H17ClF2NO5P/c1-13(24-27-12-15-9-10-16(22)11-18(15)23)20(25)29-30(21,26)28-19-8-4-6-14-5-2-3-7-17(14)19/h2-11,13,24H,12H2,1H3/t13-,30?/m0/s1. The first-order chi connectivity index (χ1) is 14.2. The van der Waals surface area contributed by atoms with Crippen LogP contribution < -0.4 is 10.0 Å². The van der Waals surface area contributed by atoms with Crippen LogP contribution in [0.2, 0.25) is 0 Å². The summed E-state index contributed by atoms with van der Waals surface area (Å²) in [6.07, 6.45) is 0. The van der Waals surface area contributed by atoms with Crippen molar-refractivity contribution < 1.29 is 32.0 Å². The van der Waals surface area contributed by atoms with Crippen LogP contribution in [0.5, 0.6) is 5.75 Å². The van der Waals surface area contributed by atoms with E-state index in [9.17, 15) is 18.1 Å². The number of carbonyl (C=O) groups excluding carboxylic acids is 1. The Balaban J connectivity index is 1.56. The third-order valence-corrected chi connectivity index (χ3v) is 5.24. The zero-order valence-electron chi connectivity index (χ0n) is 15.7. The highest BCUT2D eigenvalue weighted by molar-refractivity contribution is 7.82. The van der Waals surface area contributed by atoms with E-state index < -0.39 is 30.6 Å². The summed E-state index contributed by atoms with van der Waals surface area (Å²) in [7, 11) is 0. The monoisotopic (exact) mass is 455 g/mol. The van der Waals surface area contributed by atoms with Gasteiger partial charge in [0.2, 0.25) is 0 Å². The summed E-state index contributed by atoms with van der Waals surface area (Å²) >= 11 is 5.81. The van der Waals surface area contributed by atoms with E-state index in [1.807, 2.05) is 18.2 Å². The molecular formula is C20H17ClF2NO5P. The van der Waals surface area contributed by atoms with Crippen molar-refractivity contribution in [1.82, 2.24) is 5.48 Å². The molecule has 1 N–H and O–H groups in total. The summed E-state index contributed by atoms with van der Waals surface area (Å²) in [6.45, 7) is -3.23. The lowest BCUT2D eigenvalue weighted by Crippen LogP contribution is -2.34.